The van der Waals surface area contributed by atoms with E-state index in [1.165, 1.54) is 30.4 Å². The molecule has 0 aliphatic carbocycles. The maximum absolute atomic E-state index is 10.2. The van der Waals surface area contributed by atoms with Crippen LogP contribution in [0.3, 0.4) is 0 Å². The molecule has 1 aliphatic rings. The van der Waals surface area contributed by atoms with Crippen molar-refractivity contribution in [3.8, 4) is 5.75 Å². The van der Waals surface area contributed by atoms with Gasteiger partial charge in [0.25, 0.3) is 0 Å². The van der Waals surface area contributed by atoms with Crippen LogP contribution in [0.15, 0.2) is 10.5 Å². The highest BCUT2D eigenvalue weighted by Crippen LogP contribution is 2.34. The van der Waals surface area contributed by atoms with E-state index in [2.05, 4.69) is 35.1 Å². The summed E-state index contributed by atoms with van der Waals surface area (Å²) in [6.45, 7) is 5.30. The zero-order chi connectivity index (χ0) is 12.4. The van der Waals surface area contributed by atoms with Crippen molar-refractivity contribution in [2.45, 2.75) is 45.6 Å². The van der Waals surface area contributed by atoms with Gasteiger partial charge in [0.1, 0.15) is 5.75 Å². The molecule has 1 atom stereocenters. The van der Waals surface area contributed by atoms with Crippen LogP contribution in [0.1, 0.15) is 36.0 Å². The van der Waals surface area contributed by atoms with Crippen LogP contribution in [0.2, 0.25) is 0 Å². The molecule has 0 aromatic heterocycles. The van der Waals surface area contributed by atoms with E-state index >= 15 is 0 Å². The van der Waals surface area contributed by atoms with E-state index in [1.807, 2.05) is 6.07 Å². The van der Waals surface area contributed by atoms with Crippen molar-refractivity contribution in [3.05, 3.63) is 27.2 Å². The Balaban J connectivity index is 2.24. The van der Waals surface area contributed by atoms with Crippen molar-refractivity contribution in [3.63, 3.8) is 0 Å². The first kappa shape index (κ1) is 12.9. The van der Waals surface area contributed by atoms with Crippen molar-refractivity contribution >= 4 is 15.9 Å². The molecule has 0 saturated carbocycles. The molecular formula is C14H20BrNO. The Labute approximate surface area is 112 Å². The van der Waals surface area contributed by atoms with Gasteiger partial charge in [0.15, 0.2) is 0 Å². The molecule has 1 fully saturated rings. The number of nitrogens with one attached hydrogen (secondary N) is 1. The third-order valence-corrected chi connectivity index (χ3v) is 4.37. The third kappa shape index (κ3) is 2.83. The summed E-state index contributed by atoms with van der Waals surface area (Å²) < 4.78 is 0.811. The molecule has 2 N–H and O–H groups in total. The maximum Gasteiger partial charge on any atom is 0.133 e. The summed E-state index contributed by atoms with van der Waals surface area (Å²) in [6, 6.07) is 2.50. The first-order valence-corrected chi connectivity index (χ1v) is 7.10. The number of hydrogen-bond acceptors (Lipinski definition) is 2. The molecule has 94 valence electrons. The molecule has 17 heavy (non-hydrogen) atoms. The van der Waals surface area contributed by atoms with Crippen molar-refractivity contribution in [1.82, 2.24) is 5.32 Å². The van der Waals surface area contributed by atoms with Crippen molar-refractivity contribution < 1.29 is 5.11 Å². The Kier molecular flexibility index (Phi) is 4.10. The number of rotatable bonds is 2. The van der Waals surface area contributed by atoms with Gasteiger partial charge in [0.2, 0.25) is 0 Å². The number of aromatic hydroxyl groups is 1. The largest absolute Gasteiger partial charge is 0.506 e. The third-order valence-electron chi connectivity index (χ3n) is 3.76. The molecule has 1 aliphatic heterocycles. The smallest absolute Gasteiger partial charge is 0.133 e. The molecule has 2 rings (SSSR count). The fraction of sp³-hybridized carbons (Fsp3) is 0.571. The Hall–Kier alpha value is -0.540. The van der Waals surface area contributed by atoms with Crippen LogP contribution < -0.4 is 5.32 Å². The molecule has 1 saturated heterocycles. The van der Waals surface area contributed by atoms with E-state index < -0.39 is 0 Å². The number of benzene rings is 1. The molecule has 0 spiro atoms. The van der Waals surface area contributed by atoms with Gasteiger partial charge in [-0.1, -0.05) is 6.42 Å². The van der Waals surface area contributed by atoms with Crippen LogP contribution in [-0.4, -0.2) is 17.7 Å². The van der Waals surface area contributed by atoms with Crippen molar-refractivity contribution in [1.29, 1.82) is 0 Å². The number of phenolic OH excluding ortho intramolecular Hbond substituents is 1. The topological polar surface area (TPSA) is 32.3 Å². The van der Waals surface area contributed by atoms with E-state index in [0.717, 1.165) is 23.0 Å². The van der Waals surface area contributed by atoms with Gasteiger partial charge < -0.3 is 10.4 Å². The van der Waals surface area contributed by atoms with E-state index in [0.29, 0.717) is 11.8 Å². The van der Waals surface area contributed by atoms with Crippen LogP contribution in [0.25, 0.3) is 0 Å². The lowest BCUT2D eigenvalue weighted by molar-refractivity contribution is 0.390. The predicted octanol–water partition coefficient (Wildman–Crippen LogP) is 3.46. The summed E-state index contributed by atoms with van der Waals surface area (Å²) in [5.74, 6) is 0.417. The van der Waals surface area contributed by atoms with Gasteiger partial charge in [0, 0.05) is 6.04 Å². The molecule has 0 radical (unpaired) electrons. The molecule has 1 aromatic rings. The molecule has 1 aromatic carbocycles. The van der Waals surface area contributed by atoms with Crippen LogP contribution in [0.4, 0.5) is 0 Å². The highest BCUT2D eigenvalue weighted by Gasteiger charge is 2.18. The summed E-state index contributed by atoms with van der Waals surface area (Å²) in [5.41, 5.74) is 3.55. The Morgan fingerprint density at radius 2 is 2.18 bits per heavy atom. The second-order valence-corrected chi connectivity index (χ2v) is 5.83. The SMILES string of the molecule is Cc1cc(Br)c(O)c(CC2CCCCN2)c1C. The number of halogens is 1. The van der Waals surface area contributed by atoms with Gasteiger partial charge in [-0.05, 0) is 78.3 Å². The minimum absolute atomic E-state index is 0.417. The molecule has 1 unspecified atom stereocenters. The lowest BCUT2D eigenvalue weighted by Gasteiger charge is -2.25. The van der Waals surface area contributed by atoms with E-state index in [1.54, 1.807) is 0 Å². The number of piperidine rings is 1. The minimum atomic E-state index is 0.417. The van der Waals surface area contributed by atoms with Gasteiger partial charge in [-0.25, -0.2) is 0 Å². The maximum atomic E-state index is 10.2. The van der Waals surface area contributed by atoms with E-state index in [4.69, 9.17) is 0 Å². The summed E-state index contributed by atoms with van der Waals surface area (Å²) in [7, 11) is 0. The molecule has 0 amide bonds. The normalized spacial score (nSPS) is 20.5. The Bertz CT molecular complexity index is 385. The first-order valence-electron chi connectivity index (χ1n) is 6.30. The van der Waals surface area contributed by atoms with Gasteiger partial charge in [-0.15, -0.1) is 0 Å². The van der Waals surface area contributed by atoms with Crippen LogP contribution in [0.5, 0.6) is 5.75 Å². The fourth-order valence-electron chi connectivity index (χ4n) is 2.52. The molecular weight excluding hydrogens is 278 g/mol. The van der Waals surface area contributed by atoms with Gasteiger partial charge in [-0.2, -0.15) is 0 Å². The summed E-state index contributed by atoms with van der Waals surface area (Å²) in [5, 5.41) is 13.7. The van der Waals surface area contributed by atoms with Gasteiger partial charge in [0.05, 0.1) is 4.47 Å². The lowest BCUT2D eigenvalue weighted by Crippen LogP contribution is -2.35. The summed E-state index contributed by atoms with van der Waals surface area (Å²) >= 11 is 3.43. The average molecular weight is 298 g/mol. The minimum Gasteiger partial charge on any atom is -0.506 e. The standard InChI is InChI=1S/C14H20BrNO/c1-9-7-13(15)14(17)12(10(9)2)8-11-5-3-4-6-16-11/h7,11,16-17H,3-6,8H2,1-2H3. The van der Waals surface area contributed by atoms with Crippen molar-refractivity contribution in [2.75, 3.05) is 6.54 Å². The second-order valence-electron chi connectivity index (χ2n) is 4.98. The molecule has 0 bridgehead atoms. The zero-order valence-corrected chi connectivity index (χ0v) is 12.1. The monoisotopic (exact) mass is 297 g/mol. The summed E-state index contributed by atoms with van der Waals surface area (Å²) in [6.07, 6.45) is 4.71. The highest BCUT2D eigenvalue weighted by molar-refractivity contribution is 9.10. The average Bonchev–Trinajstić information content (AvgIpc) is 2.33. The molecule has 2 nitrogen and oxygen atoms in total. The molecule has 3 heteroatoms. The fourth-order valence-corrected chi connectivity index (χ4v) is 3.10. The quantitative estimate of drug-likeness (QED) is 0.876. The van der Waals surface area contributed by atoms with Crippen molar-refractivity contribution in [2.24, 2.45) is 0 Å². The van der Waals surface area contributed by atoms with Crippen LogP contribution in [0, 0.1) is 13.8 Å². The van der Waals surface area contributed by atoms with Crippen LogP contribution >= 0.6 is 15.9 Å². The lowest BCUT2D eigenvalue weighted by atomic mass is 9.93. The predicted molar refractivity (Wildman–Crippen MR) is 74.6 cm³/mol. The second kappa shape index (κ2) is 5.40. The highest BCUT2D eigenvalue weighted by atomic mass is 79.9. The number of aryl methyl sites for hydroxylation is 1. The van der Waals surface area contributed by atoms with Gasteiger partial charge >= 0.3 is 0 Å². The Morgan fingerprint density at radius 1 is 1.41 bits per heavy atom. The zero-order valence-electron chi connectivity index (χ0n) is 10.5. The van der Waals surface area contributed by atoms with E-state index in [-0.39, 0.29) is 0 Å². The first-order chi connectivity index (χ1) is 8.09. The number of phenols is 1. The van der Waals surface area contributed by atoms with Gasteiger partial charge in [-0.3, -0.25) is 0 Å². The Morgan fingerprint density at radius 3 is 2.82 bits per heavy atom. The number of hydrogen-bond donors (Lipinski definition) is 2. The molecule has 1 heterocycles. The van der Waals surface area contributed by atoms with Crippen LogP contribution in [-0.2, 0) is 6.42 Å². The summed E-state index contributed by atoms with van der Waals surface area (Å²) in [4.78, 5) is 0. The van der Waals surface area contributed by atoms with E-state index in [9.17, 15) is 5.11 Å².